The molecule has 0 heterocycles. The van der Waals surface area contributed by atoms with E-state index in [9.17, 15) is 18.0 Å². The topological polar surface area (TPSA) is 86.8 Å². The quantitative estimate of drug-likeness (QED) is 0.426. The van der Waals surface area contributed by atoms with Gasteiger partial charge in [-0.25, -0.2) is 8.42 Å². The molecule has 2 amide bonds. The summed E-state index contributed by atoms with van der Waals surface area (Å²) in [6.07, 6.45) is 1.32. The van der Waals surface area contributed by atoms with Crippen LogP contribution in [-0.2, 0) is 26.0 Å². The van der Waals surface area contributed by atoms with Gasteiger partial charge in [-0.05, 0) is 55.2 Å². The van der Waals surface area contributed by atoms with Crippen molar-refractivity contribution >= 4 is 32.6 Å². The third kappa shape index (κ3) is 6.71. The van der Waals surface area contributed by atoms with Crippen molar-refractivity contribution in [2.45, 2.75) is 50.6 Å². The second-order valence-electron chi connectivity index (χ2n) is 9.09. The predicted octanol–water partition coefficient (Wildman–Crippen LogP) is 3.83. The number of hydrogen-bond donors (Lipinski definition) is 1. The number of likely N-dealkylation sites (N-methyl/N-ethyl adjacent to an activating group) is 1. The van der Waals surface area contributed by atoms with Crippen LogP contribution in [-0.4, -0.2) is 61.7 Å². The number of benzene rings is 3. The maximum atomic E-state index is 13.4. The average molecular weight is 510 g/mol. The molecule has 0 aliphatic heterocycles. The first-order chi connectivity index (χ1) is 17.1. The van der Waals surface area contributed by atoms with Crippen LogP contribution in [0.1, 0.15) is 32.8 Å². The lowest BCUT2D eigenvalue weighted by molar-refractivity contribution is -0.140. The highest BCUT2D eigenvalue weighted by Crippen LogP contribution is 2.21. The molecular formula is C28H35N3O4S. The second-order valence-corrected chi connectivity index (χ2v) is 11.1. The van der Waals surface area contributed by atoms with Gasteiger partial charge in [0.1, 0.15) is 6.04 Å². The van der Waals surface area contributed by atoms with Crippen molar-refractivity contribution in [3.63, 3.8) is 0 Å². The van der Waals surface area contributed by atoms with Gasteiger partial charge in [-0.1, -0.05) is 67.6 Å². The molecule has 192 valence electrons. The number of carbonyl (C=O) groups excluding carboxylic acids is 2. The number of nitrogens with one attached hydrogen (secondary N) is 1. The number of fused-ring (bicyclic) bond motifs is 1. The minimum Gasteiger partial charge on any atom is -0.352 e. The molecule has 36 heavy (non-hydrogen) atoms. The van der Waals surface area contributed by atoms with Crippen molar-refractivity contribution < 1.29 is 18.0 Å². The van der Waals surface area contributed by atoms with Crippen molar-refractivity contribution in [2.24, 2.45) is 0 Å². The van der Waals surface area contributed by atoms with Crippen LogP contribution in [0, 0.1) is 0 Å². The van der Waals surface area contributed by atoms with Gasteiger partial charge >= 0.3 is 0 Å². The van der Waals surface area contributed by atoms with Gasteiger partial charge in [0.2, 0.25) is 21.8 Å². The van der Waals surface area contributed by atoms with Gasteiger partial charge in [-0.15, -0.1) is 0 Å². The van der Waals surface area contributed by atoms with Crippen molar-refractivity contribution in [3.8, 4) is 0 Å². The van der Waals surface area contributed by atoms with Crippen molar-refractivity contribution in [3.05, 3.63) is 78.4 Å². The highest BCUT2D eigenvalue weighted by molar-refractivity contribution is 7.89. The molecule has 0 aliphatic rings. The normalized spacial score (nSPS) is 13.4. The Bertz CT molecular complexity index is 1290. The van der Waals surface area contributed by atoms with Gasteiger partial charge in [0.05, 0.1) is 11.4 Å². The molecule has 1 N–H and O–H groups in total. The van der Waals surface area contributed by atoms with Gasteiger partial charge in [-0.3, -0.25) is 9.59 Å². The summed E-state index contributed by atoms with van der Waals surface area (Å²) in [7, 11) is -2.52. The first kappa shape index (κ1) is 27.4. The van der Waals surface area contributed by atoms with Crippen LogP contribution in [0.4, 0.5) is 0 Å². The Kier molecular flexibility index (Phi) is 9.23. The second kappa shape index (κ2) is 12.1. The van der Waals surface area contributed by atoms with Gasteiger partial charge in [0.15, 0.2) is 0 Å². The van der Waals surface area contributed by atoms with Crippen LogP contribution in [0.15, 0.2) is 77.7 Å². The molecule has 3 aromatic rings. The van der Waals surface area contributed by atoms with E-state index in [-0.39, 0.29) is 23.4 Å². The monoisotopic (exact) mass is 509 g/mol. The summed E-state index contributed by atoms with van der Waals surface area (Å²) >= 11 is 0. The molecule has 8 heteroatoms. The zero-order valence-electron chi connectivity index (χ0n) is 21.3. The molecule has 0 spiro atoms. The van der Waals surface area contributed by atoms with E-state index >= 15 is 0 Å². The lowest BCUT2D eigenvalue weighted by Crippen LogP contribution is -2.52. The number of rotatable bonds is 11. The van der Waals surface area contributed by atoms with E-state index in [1.165, 1.54) is 11.9 Å². The first-order valence-corrected chi connectivity index (χ1v) is 13.7. The zero-order chi connectivity index (χ0) is 26.3. The Balaban J connectivity index is 1.79. The minimum absolute atomic E-state index is 0.0259. The minimum atomic E-state index is -3.91. The maximum absolute atomic E-state index is 13.4. The van der Waals surface area contributed by atoms with E-state index in [1.807, 2.05) is 68.4 Å². The number of sulfonamides is 1. The van der Waals surface area contributed by atoms with E-state index in [1.54, 1.807) is 25.1 Å². The van der Waals surface area contributed by atoms with Gasteiger partial charge < -0.3 is 10.2 Å². The third-order valence-electron chi connectivity index (χ3n) is 6.44. The van der Waals surface area contributed by atoms with E-state index < -0.39 is 22.0 Å². The highest BCUT2D eigenvalue weighted by atomic mass is 32.2. The summed E-state index contributed by atoms with van der Waals surface area (Å²) in [6.45, 7) is 5.48. The molecule has 3 aromatic carbocycles. The van der Waals surface area contributed by atoms with Gasteiger partial charge in [0.25, 0.3) is 0 Å². The number of amides is 2. The lowest BCUT2D eigenvalue weighted by Gasteiger charge is -2.31. The van der Waals surface area contributed by atoms with E-state index in [0.29, 0.717) is 13.0 Å². The summed E-state index contributed by atoms with van der Waals surface area (Å²) in [6, 6.07) is 21.3. The summed E-state index contributed by atoms with van der Waals surface area (Å²) in [5.74, 6) is -0.685. The van der Waals surface area contributed by atoms with Crippen molar-refractivity contribution in [2.75, 3.05) is 20.1 Å². The standard InChI is InChI=1S/C28H35N3O4S/c1-5-21(2)29-28(33)22(3)31(18-17-23-11-7-6-8-12-23)27(32)20-30(4)36(34,35)26-16-15-24-13-9-10-14-25(24)19-26/h6-16,19,21-22H,5,17-18,20H2,1-4H3,(H,29,33)/t21-,22+/m1/s1. The van der Waals surface area contributed by atoms with Crippen LogP contribution >= 0.6 is 0 Å². The molecule has 0 aromatic heterocycles. The molecule has 0 saturated carbocycles. The largest absolute Gasteiger partial charge is 0.352 e. The molecule has 0 fully saturated rings. The Morgan fingerprint density at radius 2 is 1.56 bits per heavy atom. The fraction of sp³-hybridized carbons (Fsp3) is 0.357. The molecule has 2 atom stereocenters. The zero-order valence-corrected chi connectivity index (χ0v) is 22.2. The van der Waals surface area contributed by atoms with Crippen LogP contribution in [0.25, 0.3) is 10.8 Å². The van der Waals surface area contributed by atoms with Crippen LogP contribution < -0.4 is 5.32 Å². The average Bonchev–Trinajstić information content (AvgIpc) is 2.88. The van der Waals surface area contributed by atoms with Crippen molar-refractivity contribution in [1.82, 2.24) is 14.5 Å². The highest BCUT2D eigenvalue weighted by Gasteiger charge is 2.30. The fourth-order valence-corrected chi connectivity index (χ4v) is 5.07. The van der Waals surface area contributed by atoms with E-state index in [4.69, 9.17) is 0 Å². The van der Waals surface area contributed by atoms with Crippen molar-refractivity contribution in [1.29, 1.82) is 0 Å². The van der Waals surface area contributed by atoms with Crippen LogP contribution in [0.2, 0.25) is 0 Å². The molecule has 0 saturated heterocycles. The SMILES string of the molecule is CC[C@@H](C)NC(=O)[C@H](C)N(CCc1ccccc1)C(=O)CN(C)S(=O)(=O)c1ccc2ccccc2c1. The molecule has 7 nitrogen and oxygen atoms in total. The summed E-state index contributed by atoms with van der Waals surface area (Å²) in [4.78, 5) is 27.9. The third-order valence-corrected chi connectivity index (χ3v) is 8.24. The molecule has 0 aliphatic carbocycles. The molecule has 3 rings (SSSR count). The van der Waals surface area contributed by atoms with E-state index in [2.05, 4.69) is 5.32 Å². The number of nitrogens with zero attached hydrogens (tertiary/aromatic N) is 2. The van der Waals surface area contributed by atoms with Crippen LogP contribution in [0.5, 0.6) is 0 Å². The number of hydrogen-bond acceptors (Lipinski definition) is 4. The van der Waals surface area contributed by atoms with Crippen LogP contribution in [0.3, 0.4) is 0 Å². The first-order valence-electron chi connectivity index (χ1n) is 12.2. The Labute approximate surface area is 214 Å². The maximum Gasteiger partial charge on any atom is 0.243 e. The Morgan fingerprint density at radius 3 is 2.22 bits per heavy atom. The lowest BCUT2D eigenvalue weighted by atomic mass is 10.1. The molecule has 0 radical (unpaired) electrons. The summed E-state index contributed by atoms with van der Waals surface area (Å²) < 4.78 is 27.6. The molecule has 0 unspecified atom stereocenters. The Morgan fingerprint density at radius 1 is 0.917 bits per heavy atom. The number of carbonyl (C=O) groups is 2. The smallest absolute Gasteiger partial charge is 0.243 e. The summed E-state index contributed by atoms with van der Waals surface area (Å²) in [5, 5.41) is 4.66. The Hall–Kier alpha value is -3.23. The predicted molar refractivity (Wildman–Crippen MR) is 143 cm³/mol. The molecular weight excluding hydrogens is 474 g/mol. The van der Waals surface area contributed by atoms with Gasteiger partial charge in [-0.2, -0.15) is 4.31 Å². The van der Waals surface area contributed by atoms with Gasteiger partial charge in [0, 0.05) is 19.6 Å². The van der Waals surface area contributed by atoms with E-state index in [0.717, 1.165) is 27.1 Å². The summed E-state index contributed by atoms with van der Waals surface area (Å²) in [5.41, 5.74) is 1.03. The molecule has 0 bridgehead atoms. The fourth-order valence-electron chi connectivity index (χ4n) is 3.91.